The monoisotopic (exact) mass is 426 g/mol. The quantitative estimate of drug-likeness (QED) is 0.299. The largest absolute Gasteiger partial charge is 0.508 e. The standard InChI is InChI=1S/C22H26N4O5/c23-25-20(28)18(13-15-8-10-17(27)11-9-15)24-21(29)19-7-4-12-26(19)22(30)31-14-16-5-2-1-3-6-16/h1-3,5-6,8-11,18-19,27H,4,7,12-14,23H2,(H,24,29)(H,25,28). The molecule has 0 aromatic heterocycles. The van der Waals surface area contributed by atoms with Crippen LogP contribution in [0.2, 0.25) is 0 Å². The number of nitrogens with zero attached hydrogens (tertiary/aromatic N) is 1. The Morgan fingerprint density at radius 3 is 2.48 bits per heavy atom. The number of hydrogen-bond acceptors (Lipinski definition) is 6. The van der Waals surface area contributed by atoms with Crippen molar-refractivity contribution < 1.29 is 24.2 Å². The van der Waals surface area contributed by atoms with Gasteiger partial charge in [0.2, 0.25) is 5.91 Å². The van der Waals surface area contributed by atoms with Crippen molar-refractivity contribution in [1.82, 2.24) is 15.6 Å². The Bertz CT molecular complexity index is 904. The fourth-order valence-electron chi connectivity index (χ4n) is 3.51. The summed E-state index contributed by atoms with van der Waals surface area (Å²) < 4.78 is 5.36. The molecule has 1 aliphatic heterocycles. The van der Waals surface area contributed by atoms with Crippen LogP contribution in [0, 0.1) is 0 Å². The van der Waals surface area contributed by atoms with Gasteiger partial charge in [0.15, 0.2) is 0 Å². The highest BCUT2D eigenvalue weighted by Crippen LogP contribution is 2.20. The number of phenolic OH excluding ortho intramolecular Hbond substituents is 1. The Morgan fingerprint density at radius 1 is 1.10 bits per heavy atom. The zero-order chi connectivity index (χ0) is 22.2. The molecule has 9 heteroatoms. The van der Waals surface area contributed by atoms with E-state index in [1.165, 1.54) is 17.0 Å². The number of phenols is 1. The van der Waals surface area contributed by atoms with Crippen LogP contribution in [0.1, 0.15) is 24.0 Å². The zero-order valence-electron chi connectivity index (χ0n) is 17.0. The van der Waals surface area contributed by atoms with Crippen molar-refractivity contribution in [3.8, 4) is 5.75 Å². The second kappa shape index (κ2) is 10.4. The summed E-state index contributed by atoms with van der Waals surface area (Å²) in [7, 11) is 0. The summed E-state index contributed by atoms with van der Waals surface area (Å²) in [5.74, 6) is 4.37. The van der Waals surface area contributed by atoms with Gasteiger partial charge in [-0.25, -0.2) is 10.6 Å². The Labute approximate surface area is 180 Å². The van der Waals surface area contributed by atoms with Crippen molar-refractivity contribution in [2.45, 2.75) is 38.0 Å². The Balaban J connectivity index is 1.62. The lowest BCUT2D eigenvalue weighted by Crippen LogP contribution is -2.54. The second-order valence-electron chi connectivity index (χ2n) is 7.33. The average Bonchev–Trinajstić information content (AvgIpc) is 3.29. The van der Waals surface area contributed by atoms with Crippen molar-refractivity contribution in [3.05, 3.63) is 65.7 Å². The van der Waals surface area contributed by atoms with E-state index in [-0.39, 0.29) is 18.8 Å². The lowest BCUT2D eigenvalue weighted by atomic mass is 10.0. The molecule has 9 nitrogen and oxygen atoms in total. The van der Waals surface area contributed by atoms with Crippen LogP contribution in [-0.2, 0) is 27.4 Å². The maximum atomic E-state index is 12.9. The van der Waals surface area contributed by atoms with E-state index in [0.717, 1.165) is 11.1 Å². The summed E-state index contributed by atoms with van der Waals surface area (Å²) in [5.41, 5.74) is 3.64. The van der Waals surface area contributed by atoms with Gasteiger partial charge in [0, 0.05) is 13.0 Å². The molecular formula is C22H26N4O5. The van der Waals surface area contributed by atoms with Gasteiger partial charge in [-0.3, -0.25) is 19.9 Å². The summed E-state index contributed by atoms with van der Waals surface area (Å²) >= 11 is 0. The smallest absolute Gasteiger partial charge is 0.410 e. The van der Waals surface area contributed by atoms with Gasteiger partial charge < -0.3 is 15.2 Å². The van der Waals surface area contributed by atoms with Crippen molar-refractivity contribution in [2.75, 3.05) is 6.54 Å². The van der Waals surface area contributed by atoms with E-state index in [0.29, 0.717) is 19.4 Å². The molecule has 1 heterocycles. The molecule has 0 spiro atoms. The summed E-state index contributed by atoms with van der Waals surface area (Å²) in [6.45, 7) is 0.515. The van der Waals surface area contributed by atoms with Crippen LogP contribution in [0.3, 0.4) is 0 Å². The maximum Gasteiger partial charge on any atom is 0.410 e. The van der Waals surface area contributed by atoms with Crippen LogP contribution in [0.4, 0.5) is 4.79 Å². The summed E-state index contributed by atoms with van der Waals surface area (Å²) in [6, 6.07) is 13.9. The molecule has 1 saturated heterocycles. The number of rotatable bonds is 7. The predicted octanol–water partition coefficient (Wildman–Crippen LogP) is 1.21. The topological polar surface area (TPSA) is 134 Å². The van der Waals surface area contributed by atoms with Crippen LogP contribution in [0.25, 0.3) is 0 Å². The van der Waals surface area contributed by atoms with Crippen LogP contribution in [0.5, 0.6) is 5.75 Å². The van der Waals surface area contributed by atoms with Crippen LogP contribution < -0.4 is 16.6 Å². The third-order valence-electron chi connectivity index (χ3n) is 5.15. The molecule has 2 unspecified atom stereocenters. The van der Waals surface area contributed by atoms with E-state index in [9.17, 15) is 19.5 Å². The molecule has 3 rings (SSSR count). The highest BCUT2D eigenvalue weighted by Gasteiger charge is 2.36. The molecule has 3 amide bonds. The molecule has 2 atom stereocenters. The number of benzene rings is 2. The fourth-order valence-corrected chi connectivity index (χ4v) is 3.51. The number of nitrogens with one attached hydrogen (secondary N) is 2. The Kier molecular flexibility index (Phi) is 7.45. The number of aromatic hydroxyl groups is 1. The van der Waals surface area contributed by atoms with Gasteiger partial charge in [0.25, 0.3) is 5.91 Å². The minimum absolute atomic E-state index is 0.100. The highest BCUT2D eigenvalue weighted by atomic mass is 16.6. The molecule has 0 saturated carbocycles. The van der Waals surface area contributed by atoms with E-state index >= 15 is 0 Å². The molecule has 1 fully saturated rings. The number of nitrogens with two attached hydrogens (primary N) is 1. The Hall–Kier alpha value is -3.59. The SMILES string of the molecule is NNC(=O)C(Cc1ccc(O)cc1)NC(=O)C1CCCN1C(=O)OCc1ccccc1. The molecule has 0 aliphatic carbocycles. The molecule has 164 valence electrons. The van der Waals surface area contributed by atoms with Crippen molar-refractivity contribution in [3.63, 3.8) is 0 Å². The van der Waals surface area contributed by atoms with Gasteiger partial charge >= 0.3 is 6.09 Å². The third kappa shape index (κ3) is 5.95. The average molecular weight is 426 g/mol. The number of carbonyl (C=O) groups excluding carboxylic acids is 3. The van der Waals surface area contributed by atoms with Crippen LogP contribution in [-0.4, -0.2) is 46.5 Å². The van der Waals surface area contributed by atoms with E-state index < -0.39 is 30.0 Å². The van der Waals surface area contributed by atoms with E-state index in [1.807, 2.05) is 30.3 Å². The van der Waals surface area contributed by atoms with Crippen molar-refractivity contribution >= 4 is 17.9 Å². The number of hydrazine groups is 1. The molecule has 1 aliphatic rings. The summed E-state index contributed by atoms with van der Waals surface area (Å²) in [5, 5.41) is 12.1. The highest BCUT2D eigenvalue weighted by molar-refractivity contribution is 5.91. The number of ether oxygens (including phenoxy) is 1. The van der Waals surface area contributed by atoms with E-state index in [1.54, 1.807) is 12.1 Å². The zero-order valence-corrected chi connectivity index (χ0v) is 17.0. The number of carbonyl (C=O) groups is 3. The molecule has 5 N–H and O–H groups in total. The molecule has 31 heavy (non-hydrogen) atoms. The maximum absolute atomic E-state index is 12.9. The first-order valence-electron chi connectivity index (χ1n) is 10.0. The molecule has 0 bridgehead atoms. The number of likely N-dealkylation sites (tertiary alicyclic amines) is 1. The van der Waals surface area contributed by atoms with Gasteiger partial charge in [-0.05, 0) is 36.1 Å². The van der Waals surface area contributed by atoms with Gasteiger partial charge in [0.1, 0.15) is 24.4 Å². The normalized spacial score (nSPS) is 16.4. The number of amides is 3. The minimum Gasteiger partial charge on any atom is -0.508 e. The van der Waals surface area contributed by atoms with Gasteiger partial charge in [0.05, 0.1) is 0 Å². The number of hydrogen-bond donors (Lipinski definition) is 4. The third-order valence-corrected chi connectivity index (χ3v) is 5.15. The minimum atomic E-state index is -0.926. The Morgan fingerprint density at radius 2 is 1.81 bits per heavy atom. The molecule has 0 radical (unpaired) electrons. The van der Waals surface area contributed by atoms with Gasteiger partial charge in [-0.1, -0.05) is 42.5 Å². The molecule has 2 aromatic rings. The van der Waals surface area contributed by atoms with Crippen LogP contribution >= 0.6 is 0 Å². The van der Waals surface area contributed by atoms with Gasteiger partial charge in [-0.2, -0.15) is 0 Å². The predicted molar refractivity (Wildman–Crippen MR) is 112 cm³/mol. The lowest BCUT2D eigenvalue weighted by molar-refractivity contribution is -0.131. The first kappa shape index (κ1) is 22.1. The van der Waals surface area contributed by atoms with E-state index in [4.69, 9.17) is 10.6 Å². The summed E-state index contributed by atoms with van der Waals surface area (Å²) in [4.78, 5) is 39.0. The van der Waals surface area contributed by atoms with Crippen LogP contribution in [0.15, 0.2) is 54.6 Å². The molecule has 2 aromatic carbocycles. The summed E-state index contributed by atoms with van der Waals surface area (Å²) in [6.07, 6.45) is 0.743. The first-order valence-corrected chi connectivity index (χ1v) is 10.0. The van der Waals surface area contributed by atoms with Crippen molar-refractivity contribution in [2.24, 2.45) is 5.84 Å². The van der Waals surface area contributed by atoms with Gasteiger partial charge in [-0.15, -0.1) is 0 Å². The lowest BCUT2D eigenvalue weighted by Gasteiger charge is -2.25. The molecular weight excluding hydrogens is 400 g/mol. The van der Waals surface area contributed by atoms with E-state index in [2.05, 4.69) is 10.7 Å². The second-order valence-corrected chi connectivity index (χ2v) is 7.33. The fraction of sp³-hybridized carbons (Fsp3) is 0.318. The van der Waals surface area contributed by atoms with Crippen molar-refractivity contribution in [1.29, 1.82) is 0 Å². The first-order chi connectivity index (χ1) is 15.0.